The van der Waals surface area contributed by atoms with E-state index in [4.69, 9.17) is 17.3 Å². The van der Waals surface area contributed by atoms with Gasteiger partial charge in [-0.1, -0.05) is 42.2 Å². The predicted octanol–water partition coefficient (Wildman–Crippen LogP) is 2.34. The lowest BCUT2D eigenvalue weighted by Crippen LogP contribution is -2.44. The Morgan fingerprint density at radius 3 is 2.58 bits per heavy atom. The molecule has 0 saturated carbocycles. The van der Waals surface area contributed by atoms with E-state index in [2.05, 4.69) is 0 Å². The summed E-state index contributed by atoms with van der Waals surface area (Å²) in [5, 5.41) is 18.0. The van der Waals surface area contributed by atoms with Gasteiger partial charge in [0, 0.05) is 12.0 Å². The fourth-order valence-corrected chi connectivity index (χ4v) is 3.45. The van der Waals surface area contributed by atoms with Crippen LogP contribution in [0.3, 0.4) is 0 Å². The topological polar surface area (TPSA) is 94.9 Å². The van der Waals surface area contributed by atoms with Crippen molar-refractivity contribution in [3.8, 4) is 0 Å². The maximum Gasteiger partial charge on any atom is 0.326 e. The summed E-state index contributed by atoms with van der Waals surface area (Å²) >= 11 is 5.90. The third kappa shape index (κ3) is 3.98. The number of hydrogen-bond acceptors (Lipinski definition) is 5. The Bertz CT molecular complexity index is 749. The van der Waals surface area contributed by atoms with Gasteiger partial charge in [-0.15, -0.1) is 0 Å². The van der Waals surface area contributed by atoms with Crippen molar-refractivity contribution in [3.63, 3.8) is 0 Å². The molecule has 1 aliphatic heterocycles. The third-order valence-electron chi connectivity index (χ3n) is 3.24. The molecule has 1 atom stereocenters. The number of rotatable bonds is 6. The summed E-state index contributed by atoms with van der Waals surface area (Å²) in [7, 11) is 0. The minimum absolute atomic E-state index is 0.000350. The zero-order chi connectivity index (χ0) is 17.9. The van der Waals surface area contributed by atoms with E-state index >= 15 is 0 Å². The monoisotopic (exact) mass is 369 g/mol. The molecule has 2 N–H and O–H groups in total. The molecule has 1 saturated heterocycles. The van der Waals surface area contributed by atoms with Crippen LogP contribution in [0.4, 0.5) is 4.39 Å². The highest BCUT2D eigenvalue weighted by Gasteiger charge is 2.40. The van der Waals surface area contributed by atoms with Crippen LogP contribution in [-0.2, 0) is 14.4 Å². The predicted molar refractivity (Wildman–Crippen MR) is 89.7 cm³/mol. The van der Waals surface area contributed by atoms with Gasteiger partial charge in [0.25, 0.3) is 5.91 Å². The molecule has 1 aliphatic rings. The quantitative estimate of drug-likeness (QED) is 0.587. The largest absolute Gasteiger partial charge is 0.481 e. The number of nitrogens with zero attached hydrogens (tertiary/aromatic N) is 1. The number of carboxylic acid groups (broad SMARTS) is 2. The summed E-state index contributed by atoms with van der Waals surface area (Å²) in [6.07, 6.45) is 0.606. The van der Waals surface area contributed by atoms with Crippen molar-refractivity contribution in [1.29, 1.82) is 0 Å². The standard InChI is InChI=1S/C15H12FNO5S2/c16-9-4-2-1-3-8(9)7-11-13(20)17(15(23)24-11)10(14(21)22)5-6-12(18)19/h1-4,7,10H,5-6H2,(H,18,19)(H,21,22)/b11-7-. The maximum absolute atomic E-state index is 13.7. The highest BCUT2D eigenvalue weighted by molar-refractivity contribution is 8.26. The Labute approximate surface area is 146 Å². The summed E-state index contributed by atoms with van der Waals surface area (Å²) in [6.45, 7) is 0. The van der Waals surface area contributed by atoms with Crippen LogP contribution >= 0.6 is 24.0 Å². The van der Waals surface area contributed by atoms with E-state index in [9.17, 15) is 23.9 Å². The van der Waals surface area contributed by atoms with E-state index in [1.54, 1.807) is 6.07 Å². The number of halogens is 1. The molecule has 2 rings (SSSR count). The van der Waals surface area contributed by atoms with Gasteiger partial charge >= 0.3 is 11.9 Å². The second kappa shape index (κ2) is 7.54. The number of carbonyl (C=O) groups excluding carboxylic acids is 1. The molecule has 24 heavy (non-hydrogen) atoms. The van der Waals surface area contributed by atoms with Crippen molar-refractivity contribution in [3.05, 3.63) is 40.6 Å². The number of amides is 1. The van der Waals surface area contributed by atoms with Crippen LogP contribution in [0.1, 0.15) is 18.4 Å². The molecule has 0 spiro atoms. The second-order valence-electron chi connectivity index (χ2n) is 4.86. The summed E-state index contributed by atoms with van der Waals surface area (Å²) in [6, 6.07) is 4.44. The average molecular weight is 369 g/mol. The summed E-state index contributed by atoms with van der Waals surface area (Å²) in [5.41, 5.74) is 0.176. The smallest absolute Gasteiger partial charge is 0.326 e. The van der Waals surface area contributed by atoms with Gasteiger partial charge in [0.05, 0.1) is 4.91 Å². The SMILES string of the molecule is O=C(O)CCC(C(=O)O)N1C(=O)/C(=C/c2ccccc2F)SC1=S. The molecule has 0 aliphatic carbocycles. The van der Waals surface area contributed by atoms with Crippen molar-refractivity contribution in [2.24, 2.45) is 0 Å². The molecule has 6 nitrogen and oxygen atoms in total. The van der Waals surface area contributed by atoms with Crippen LogP contribution in [0.5, 0.6) is 0 Å². The minimum Gasteiger partial charge on any atom is -0.481 e. The van der Waals surface area contributed by atoms with Crippen LogP contribution < -0.4 is 0 Å². The molecule has 1 heterocycles. The van der Waals surface area contributed by atoms with Crippen LogP contribution in [0.25, 0.3) is 6.08 Å². The van der Waals surface area contributed by atoms with E-state index in [-0.39, 0.29) is 21.2 Å². The van der Waals surface area contributed by atoms with Gasteiger partial charge in [0.1, 0.15) is 16.2 Å². The van der Waals surface area contributed by atoms with Crippen molar-refractivity contribution in [1.82, 2.24) is 4.90 Å². The first-order valence-corrected chi connectivity index (χ1v) is 8.00. The van der Waals surface area contributed by atoms with E-state index in [0.29, 0.717) is 0 Å². The van der Waals surface area contributed by atoms with Crippen LogP contribution in [0.2, 0.25) is 0 Å². The van der Waals surface area contributed by atoms with Gasteiger partial charge < -0.3 is 10.2 Å². The number of thioether (sulfide) groups is 1. The van der Waals surface area contributed by atoms with Crippen LogP contribution in [0.15, 0.2) is 29.2 Å². The molecular weight excluding hydrogens is 357 g/mol. The van der Waals surface area contributed by atoms with Gasteiger partial charge in [-0.2, -0.15) is 0 Å². The number of benzene rings is 1. The second-order valence-corrected chi connectivity index (χ2v) is 6.54. The first-order chi connectivity index (χ1) is 11.3. The van der Waals surface area contributed by atoms with E-state index in [0.717, 1.165) is 16.7 Å². The Hall–Kier alpha value is -2.26. The number of aliphatic carboxylic acids is 2. The maximum atomic E-state index is 13.7. The van der Waals surface area contributed by atoms with Gasteiger partial charge in [0.2, 0.25) is 0 Å². The average Bonchev–Trinajstić information content (AvgIpc) is 2.77. The van der Waals surface area contributed by atoms with Crippen molar-refractivity contribution in [2.75, 3.05) is 0 Å². The lowest BCUT2D eigenvalue weighted by atomic mass is 10.1. The van der Waals surface area contributed by atoms with Crippen LogP contribution in [0, 0.1) is 5.82 Å². The lowest BCUT2D eigenvalue weighted by Gasteiger charge is -2.22. The van der Waals surface area contributed by atoms with Gasteiger partial charge in [-0.25, -0.2) is 9.18 Å². The summed E-state index contributed by atoms with van der Waals surface area (Å²) in [5.74, 6) is -3.72. The molecule has 0 bridgehead atoms. The molecule has 0 radical (unpaired) electrons. The molecule has 126 valence electrons. The van der Waals surface area contributed by atoms with Gasteiger partial charge in [0.15, 0.2) is 0 Å². The Morgan fingerprint density at radius 1 is 1.33 bits per heavy atom. The van der Waals surface area contributed by atoms with Crippen LogP contribution in [-0.4, -0.2) is 43.3 Å². The Kier molecular flexibility index (Phi) is 5.68. The summed E-state index contributed by atoms with van der Waals surface area (Å²) < 4.78 is 13.7. The first kappa shape index (κ1) is 18.1. The third-order valence-corrected chi connectivity index (χ3v) is 4.57. The zero-order valence-electron chi connectivity index (χ0n) is 12.1. The van der Waals surface area contributed by atoms with E-state index < -0.39 is 36.1 Å². The minimum atomic E-state index is -1.37. The first-order valence-electron chi connectivity index (χ1n) is 6.77. The number of carboxylic acids is 2. The molecule has 1 fully saturated rings. The highest BCUT2D eigenvalue weighted by Crippen LogP contribution is 2.35. The highest BCUT2D eigenvalue weighted by atomic mass is 32.2. The summed E-state index contributed by atoms with van der Waals surface area (Å²) in [4.78, 5) is 35.4. The van der Waals surface area contributed by atoms with Gasteiger partial charge in [-0.05, 0) is 18.6 Å². The number of carbonyl (C=O) groups is 3. The fraction of sp³-hybridized carbons (Fsp3) is 0.200. The molecule has 1 aromatic rings. The zero-order valence-corrected chi connectivity index (χ0v) is 13.8. The van der Waals surface area contributed by atoms with E-state index in [1.165, 1.54) is 24.3 Å². The normalized spacial score (nSPS) is 17.4. The molecule has 1 amide bonds. The number of thiocarbonyl (C=S) groups is 1. The molecule has 0 aromatic heterocycles. The molecule has 9 heteroatoms. The Morgan fingerprint density at radius 2 is 2.00 bits per heavy atom. The van der Waals surface area contributed by atoms with Crippen molar-refractivity contribution >= 4 is 52.2 Å². The van der Waals surface area contributed by atoms with Crippen molar-refractivity contribution in [2.45, 2.75) is 18.9 Å². The molecular formula is C15H12FNO5S2. The fourth-order valence-electron chi connectivity index (χ4n) is 2.11. The van der Waals surface area contributed by atoms with E-state index in [1.807, 2.05) is 0 Å². The molecule has 1 aromatic carbocycles. The van der Waals surface area contributed by atoms with Gasteiger partial charge in [-0.3, -0.25) is 14.5 Å². The van der Waals surface area contributed by atoms with Crippen molar-refractivity contribution < 1.29 is 29.0 Å². The lowest BCUT2D eigenvalue weighted by molar-refractivity contribution is -0.146. The molecule has 1 unspecified atom stereocenters. The number of hydrogen-bond donors (Lipinski definition) is 2. The Balaban J connectivity index is 2.28.